The Labute approximate surface area is 109 Å². The van der Waals surface area contributed by atoms with Crippen LogP contribution in [-0.4, -0.2) is 6.54 Å². The fourth-order valence-corrected chi connectivity index (χ4v) is 2.40. The molecule has 1 aromatic heterocycles. The number of benzene rings is 1. The standard InChI is InChI=1S/C16H21NO/c1-5-17-16(14-8-6-7-11(2)9-14)15-10-12(3)18-13(15)4/h6-10,16-17H,5H2,1-4H3. The van der Waals surface area contributed by atoms with Gasteiger partial charge in [0, 0.05) is 5.56 Å². The lowest BCUT2D eigenvalue weighted by atomic mass is 9.97. The van der Waals surface area contributed by atoms with Crippen LogP contribution in [0.1, 0.15) is 41.2 Å². The fourth-order valence-electron chi connectivity index (χ4n) is 2.40. The quantitative estimate of drug-likeness (QED) is 0.881. The maximum absolute atomic E-state index is 5.65. The molecule has 2 heteroatoms. The van der Waals surface area contributed by atoms with Crippen molar-refractivity contribution in [1.29, 1.82) is 0 Å². The van der Waals surface area contributed by atoms with Crippen molar-refractivity contribution in [1.82, 2.24) is 5.32 Å². The van der Waals surface area contributed by atoms with Crippen LogP contribution in [0.4, 0.5) is 0 Å². The third-order valence-electron chi connectivity index (χ3n) is 3.17. The topological polar surface area (TPSA) is 25.2 Å². The number of hydrogen-bond acceptors (Lipinski definition) is 2. The summed E-state index contributed by atoms with van der Waals surface area (Å²) in [5.41, 5.74) is 3.81. The molecule has 2 nitrogen and oxygen atoms in total. The molecular formula is C16H21NO. The van der Waals surface area contributed by atoms with Crippen LogP contribution in [0, 0.1) is 20.8 Å². The maximum atomic E-state index is 5.65. The second-order valence-corrected chi connectivity index (χ2v) is 4.77. The Morgan fingerprint density at radius 2 is 1.94 bits per heavy atom. The van der Waals surface area contributed by atoms with E-state index in [0.29, 0.717) is 0 Å². The van der Waals surface area contributed by atoms with Gasteiger partial charge in [-0.05, 0) is 38.9 Å². The smallest absolute Gasteiger partial charge is 0.106 e. The van der Waals surface area contributed by atoms with E-state index in [4.69, 9.17) is 4.42 Å². The summed E-state index contributed by atoms with van der Waals surface area (Å²) < 4.78 is 5.65. The maximum Gasteiger partial charge on any atom is 0.106 e. The lowest BCUT2D eigenvalue weighted by Gasteiger charge is -2.18. The van der Waals surface area contributed by atoms with Crippen LogP contribution in [0.15, 0.2) is 34.7 Å². The van der Waals surface area contributed by atoms with Crippen molar-refractivity contribution in [2.24, 2.45) is 0 Å². The highest BCUT2D eigenvalue weighted by atomic mass is 16.3. The summed E-state index contributed by atoms with van der Waals surface area (Å²) in [6.07, 6.45) is 0. The lowest BCUT2D eigenvalue weighted by molar-refractivity contribution is 0.495. The van der Waals surface area contributed by atoms with Crippen LogP contribution in [0.2, 0.25) is 0 Å². The average molecular weight is 243 g/mol. The first-order chi connectivity index (χ1) is 8.61. The van der Waals surface area contributed by atoms with Gasteiger partial charge in [-0.25, -0.2) is 0 Å². The molecule has 0 fully saturated rings. The van der Waals surface area contributed by atoms with Gasteiger partial charge in [0.2, 0.25) is 0 Å². The van der Waals surface area contributed by atoms with Crippen LogP contribution in [-0.2, 0) is 0 Å². The van der Waals surface area contributed by atoms with Gasteiger partial charge >= 0.3 is 0 Å². The molecule has 1 atom stereocenters. The molecule has 2 aromatic rings. The summed E-state index contributed by atoms with van der Waals surface area (Å²) in [5, 5.41) is 3.54. The molecule has 0 bridgehead atoms. The molecule has 1 unspecified atom stereocenters. The van der Waals surface area contributed by atoms with Crippen LogP contribution >= 0.6 is 0 Å². The van der Waals surface area contributed by atoms with Gasteiger partial charge in [-0.1, -0.05) is 36.8 Å². The molecule has 1 aromatic carbocycles. The van der Waals surface area contributed by atoms with Gasteiger partial charge in [-0.2, -0.15) is 0 Å². The van der Waals surface area contributed by atoms with Crippen LogP contribution < -0.4 is 5.32 Å². The minimum Gasteiger partial charge on any atom is -0.466 e. The molecule has 1 heterocycles. The molecule has 0 radical (unpaired) electrons. The molecule has 0 aliphatic rings. The molecule has 18 heavy (non-hydrogen) atoms. The van der Waals surface area contributed by atoms with Gasteiger partial charge in [0.1, 0.15) is 11.5 Å². The first kappa shape index (κ1) is 12.9. The van der Waals surface area contributed by atoms with Crippen LogP contribution in [0.3, 0.4) is 0 Å². The molecule has 96 valence electrons. The third-order valence-corrected chi connectivity index (χ3v) is 3.17. The van der Waals surface area contributed by atoms with Crippen molar-refractivity contribution in [2.75, 3.05) is 6.54 Å². The molecule has 1 N–H and O–H groups in total. The van der Waals surface area contributed by atoms with Gasteiger partial charge in [0.05, 0.1) is 6.04 Å². The van der Waals surface area contributed by atoms with E-state index in [0.717, 1.165) is 18.1 Å². The number of nitrogens with one attached hydrogen (secondary N) is 1. The Morgan fingerprint density at radius 3 is 2.50 bits per heavy atom. The first-order valence-electron chi connectivity index (χ1n) is 6.48. The van der Waals surface area contributed by atoms with Gasteiger partial charge in [-0.15, -0.1) is 0 Å². The van der Waals surface area contributed by atoms with Gasteiger partial charge in [0.15, 0.2) is 0 Å². The second kappa shape index (κ2) is 5.40. The van der Waals surface area contributed by atoms with E-state index < -0.39 is 0 Å². The summed E-state index contributed by atoms with van der Waals surface area (Å²) in [4.78, 5) is 0. The first-order valence-corrected chi connectivity index (χ1v) is 6.48. The van der Waals surface area contributed by atoms with Crippen molar-refractivity contribution in [3.63, 3.8) is 0 Å². The Balaban J connectivity index is 2.42. The third kappa shape index (κ3) is 2.65. The van der Waals surface area contributed by atoms with E-state index in [-0.39, 0.29) is 6.04 Å². The highest BCUT2D eigenvalue weighted by molar-refractivity contribution is 5.36. The van der Waals surface area contributed by atoms with Crippen LogP contribution in [0.5, 0.6) is 0 Å². The Bertz CT molecular complexity index is 528. The molecule has 0 aliphatic carbocycles. The summed E-state index contributed by atoms with van der Waals surface area (Å²) in [7, 11) is 0. The monoisotopic (exact) mass is 243 g/mol. The molecule has 0 amide bonds. The van der Waals surface area contributed by atoms with Crippen molar-refractivity contribution in [2.45, 2.75) is 33.7 Å². The average Bonchev–Trinajstić information content (AvgIpc) is 2.65. The van der Waals surface area contributed by atoms with E-state index in [1.54, 1.807) is 0 Å². The minimum absolute atomic E-state index is 0.215. The molecule has 0 saturated heterocycles. The summed E-state index contributed by atoms with van der Waals surface area (Å²) in [6.45, 7) is 9.21. The van der Waals surface area contributed by atoms with Gasteiger partial charge < -0.3 is 9.73 Å². The largest absolute Gasteiger partial charge is 0.466 e. The van der Waals surface area contributed by atoms with Crippen molar-refractivity contribution in [3.05, 3.63) is 58.5 Å². The molecule has 0 aliphatic heterocycles. The van der Waals surface area contributed by atoms with E-state index in [1.165, 1.54) is 16.7 Å². The lowest BCUT2D eigenvalue weighted by Crippen LogP contribution is -2.22. The summed E-state index contributed by atoms with van der Waals surface area (Å²) in [5.74, 6) is 1.97. The van der Waals surface area contributed by atoms with Crippen molar-refractivity contribution >= 4 is 0 Å². The second-order valence-electron chi connectivity index (χ2n) is 4.77. The van der Waals surface area contributed by atoms with E-state index in [9.17, 15) is 0 Å². The summed E-state index contributed by atoms with van der Waals surface area (Å²) >= 11 is 0. The van der Waals surface area contributed by atoms with Gasteiger partial charge in [-0.3, -0.25) is 0 Å². The van der Waals surface area contributed by atoms with Crippen LogP contribution in [0.25, 0.3) is 0 Å². The van der Waals surface area contributed by atoms with Gasteiger partial charge in [0.25, 0.3) is 0 Å². The van der Waals surface area contributed by atoms with E-state index in [1.807, 2.05) is 13.8 Å². The fraction of sp³-hybridized carbons (Fsp3) is 0.375. The summed E-state index contributed by atoms with van der Waals surface area (Å²) in [6, 6.07) is 11.0. The normalized spacial score (nSPS) is 12.7. The molecule has 2 rings (SSSR count). The Hall–Kier alpha value is -1.54. The molecule has 0 saturated carbocycles. The zero-order valence-corrected chi connectivity index (χ0v) is 11.6. The number of rotatable bonds is 4. The zero-order chi connectivity index (χ0) is 13.1. The minimum atomic E-state index is 0.215. The molecular weight excluding hydrogens is 222 g/mol. The predicted octanol–water partition coefficient (Wildman–Crippen LogP) is 3.90. The number of aryl methyl sites for hydroxylation is 3. The number of hydrogen-bond donors (Lipinski definition) is 1. The van der Waals surface area contributed by atoms with Crippen molar-refractivity contribution < 1.29 is 4.42 Å². The predicted molar refractivity (Wildman–Crippen MR) is 74.9 cm³/mol. The highest BCUT2D eigenvalue weighted by Crippen LogP contribution is 2.27. The Morgan fingerprint density at radius 1 is 1.17 bits per heavy atom. The van der Waals surface area contributed by atoms with E-state index >= 15 is 0 Å². The zero-order valence-electron chi connectivity index (χ0n) is 11.6. The SMILES string of the molecule is CCNC(c1cccc(C)c1)c1cc(C)oc1C. The highest BCUT2D eigenvalue weighted by Gasteiger charge is 2.18. The Kier molecular flexibility index (Phi) is 3.87. The molecule has 0 spiro atoms. The van der Waals surface area contributed by atoms with E-state index in [2.05, 4.69) is 49.5 Å². The number of furan rings is 1. The van der Waals surface area contributed by atoms with Crippen molar-refractivity contribution in [3.8, 4) is 0 Å².